The van der Waals surface area contributed by atoms with Crippen LogP contribution in [0.25, 0.3) is 10.2 Å². The number of ether oxygens (including phenoxy) is 1. The molecule has 0 bridgehead atoms. The number of hydrogen-bond donors (Lipinski definition) is 1. The number of aromatic nitrogens is 1. The second-order valence-electron chi connectivity index (χ2n) is 5.84. The van der Waals surface area contributed by atoms with Crippen LogP contribution in [-0.4, -0.2) is 52.9 Å². The summed E-state index contributed by atoms with van der Waals surface area (Å²) in [5, 5.41) is 11.4. The number of aliphatic hydroxyl groups excluding tert-OH is 1. The van der Waals surface area contributed by atoms with Crippen molar-refractivity contribution in [3.63, 3.8) is 0 Å². The van der Waals surface area contributed by atoms with Crippen molar-refractivity contribution in [1.29, 1.82) is 0 Å². The molecular weight excluding hydrogens is 284 g/mol. The van der Waals surface area contributed by atoms with Gasteiger partial charge in [-0.1, -0.05) is 12.1 Å². The van der Waals surface area contributed by atoms with Crippen molar-refractivity contribution in [1.82, 2.24) is 9.88 Å². The van der Waals surface area contributed by atoms with Crippen LogP contribution in [0, 0.1) is 0 Å². The Morgan fingerprint density at radius 1 is 1.43 bits per heavy atom. The fourth-order valence-corrected chi connectivity index (χ4v) is 3.73. The number of benzene rings is 1. The average molecular weight is 306 g/mol. The molecule has 1 aromatic heterocycles. The van der Waals surface area contributed by atoms with Crippen molar-refractivity contribution < 1.29 is 9.84 Å². The molecule has 0 aliphatic carbocycles. The average Bonchev–Trinajstić information content (AvgIpc) is 2.89. The summed E-state index contributed by atoms with van der Waals surface area (Å²) in [7, 11) is 0. The second kappa shape index (κ2) is 6.40. The maximum atomic E-state index is 10.5. The number of fused-ring (bicyclic) bond motifs is 1. The van der Waals surface area contributed by atoms with E-state index in [9.17, 15) is 5.11 Å². The highest BCUT2D eigenvalue weighted by molar-refractivity contribution is 7.18. The van der Waals surface area contributed by atoms with Gasteiger partial charge in [-0.15, -0.1) is 11.3 Å². The number of hydrogen-bond acceptors (Lipinski definition) is 5. The van der Waals surface area contributed by atoms with Crippen LogP contribution in [0.2, 0.25) is 0 Å². The first-order chi connectivity index (χ1) is 10.1. The molecule has 2 aromatic rings. The number of para-hydroxylation sites is 1. The van der Waals surface area contributed by atoms with Gasteiger partial charge in [0.15, 0.2) is 0 Å². The van der Waals surface area contributed by atoms with Crippen molar-refractivity contribution in [2.24, 2.45) is 0 Å². The molecule has 2 heterocycles. The van der Waals surface area contributed by atoms with E-state index in [4.69, 9.17) is 4.74 Å². The molecule has 3 rings (SSSR count). The van der Waals surface area contributed by atoms with E-state index in [0.717, 1.165) is 23.6 Å². The predicted octanol–water partition coefficient (Wildman–Crippen LogP) is 2.31. The lowest BCUT2D eigenvalue weighted by Crippen LogP contribution is -2.50. The van der Waals surface area contributed by atoms with Gasteiger partial charge in [-0.25, -0.2) is 4.98 Å². The first-order valence-electron chi connectivity index (χ1n) is 7.51. The van der Waals surface area contributed by atoms with Crippen molar-refractivity contribution in [3.8, 4) is 0 Å². The molecule has 0 saturated carbocycles. The van der Waals surface area contributed by atoms with Gasteiger partial charge in [0.1, 0.15) is 0 Å². The first-order valence-corrected chi connectivity index (χ1v) is 8.33. The summed E-state index contributed by atoms with van der Waals surface area (Å²) in [6.45, 7) is 6.80. The van der Waals surface area contributed by atoms with Gasteiger partial charge in [0.25, 0.3) is 0 Å². The summed E-state index contributed by atoms with van der Waals surface area (Å²) in [5.41, 5.74) is 1.01. The topological polar surface area (TPSA) is 45.6 Å². The fraction of sp³-hybridized carbons (Fsp3) is 0.562. The quantitative estimate of drug-likeness (QED) is 0.941. The van der Waals surface area contributed by atoms with E-state index < -0.39 is 6.10 Å². The zero-order valence-electron chi connectivity index (χ0n) is 12.5. The highest BCUT2D eigenvalue weighted by Gasteiger charge is 2.28. The molecule has 1 fully saturated rings. The summed E-state index contributed by atoms with van der Waals surface area (Å²) in [4.78, 5) is 6.95. The van der Waals surface area contributed by atoms with Gasteiger partial charge in [0.05, 0.1) is 34.0 Å². The second-order valence-corrected chi connectivity index (χ2v) is 6.96. The third-order valence-corrected chi connectivity index (χ3v) is 5.06. The maximum absolute atomic E-state index is 10.5. The van der Waals surface area contributed by atoms with Crippen LogP contribution in [0.1, 0.15) is 18.9 Å². The zero-order valence-corrected chi connectivity index (χ0v) is 13.3. The first kappa shape index (κ1) is 14.9. The van der Waals surface area contributed by atoms with Crippen LogP contribution in [0.3, 0.4) is 0 Å². The van der Waals surface area contributed by atoms with Crippen LogP contribution in [0.4, 0.5) is 0 Å². The lowest BCUT2D eigenvalue weighted by atomic mass is 10.1. The standard InChI is InChI=1S/C16H22N2O2S/c1-11(2)18-7-8-20-14(10-18)13(19)9-16-17-12-5-3-4-6-15(12)21-16/h3-6,11,13-14,19H,7-10H2,1-2H3. The number of rotatable bonds is 4. The Balaban J connectivity index is 1.66. The molecule has 2 unspecified atom stereocenters. The van der Waals surface area contributed by atoms with E-state index in [1.54, 1.807) is 11.3 Å². The van der Waals surface area contributed by atoms with Gasteiger partial charge in [-0.2, -0.15) is 0 Å². The smallest absolute Gasteiger partial charge is 0.0965 e. The minimum Gasteiger partial charge on any atom is -0.390 e. The summed E-state index contributed by atoms with van der Waals surface area (Å²) in [5.74, 6) is 0. The predicted molar refractivity (Wildman–Crippen MR) is 85.8 cm³/mol. The monoisotopic (exact) mass is 306 g/mol. The van der Waals surface area contributed by atoms with E-state index in [-0.39, 0.29) is 6.10 Å². The maximum Gasteiger partial charge on any atom is 0.0965 e. The van der Waals surface area contributed by atoms with E-state index in [1.807, 2.05) is 18.2 Å². The molecule has 1 N–H and O–H groups in total. The molecule has 1 saturated heterocycles. The third-order valence-electron chi connectivity index (χ3n) is 4.01. The molecule has 2 atom stereocenters. The molecule has 0 amide bonds. The molecular formula is C16H22N2O2S. The van der Waals surface area contributed by atoms with Gasteiger partial charge in [-0.05, 0) is 26.0 Å². The van der Waals surface area contributed by atoms with Crippen molar-refractivity contribution >= 4 is 21.6 Å². The van der Waals surface area contributed by atoms with E-state index in [0.29, 0.717) is 19.1 Å². The summed E-state index contributed by atoms with van der Waals surface area (Å²) in [6, 6.07) is 8.59. The fourth-order valence-electron chi connectivity index (χ4n) is 2.72. The normalized spacial score (nSPS) is 22.0. The Bertz CT molecular complexity index is 566. The largest absolute Gasteiger partial charge is 0.390 e. The third kappa shape index (κ3) is 3.43. The SMILES string of the molecule is CC(C)N1CCOC(C(O)Cc2nc3ccccc3s2)C1. The van der Waals surface area contributed by atoms with Crippen LogP contribution < -0.4 is 0 Å². The molecule has 4 nitrogen and oxygen atoms in total. The van der Waals surface area contributed by atoms with Crippen LogP contribution in [0.15, 0.2) is 24.3 Å². The van der Waals surface area contributed by atoms with Crippen molar-refractivity contribution in [3.05, 3.63) is 29.3 Å². The molecule has 0 radical (unpaired) electrons. The Hall–Kier alpha value is -1.01. The van der Waals surface area contributed by atoms with Gasteiger partial charge in [0.2, 0.25) is 0 Å². The summed E-state index contributed by atoms with van der Waals surface area (Å²) >= 11 is 1.66. The molecule has 114 valence electrons. The number of thiazole rings is 1. The van der Waals surface area contributed by atoms with Gasteiger partial charge < -0.3 is 9.84 Å². The molecule has 5 heteroatoms. The summed E-state index contributed by atoms with van der Waals surface area (Å²) < 4.78 is 6.93. The molecule has 1 aromatic carbocycles. The molecule has 0 spiro atoms. The highest BCUT2D eigenvalue weighted by atomic mass is 32.1. The van der Waals surface area contributed by atoms with Crippen LogP contribution >= 0.6 is 11.3 Å². The highest BCUT2D eigenvalue weighted by Crippen LogP contribution is 2.24. The minimum absolute atomic E-state index is 0.117. The Morgan fingerprint density at radius 2 is 2.24 bits per heavy atom. The number of nitrogens with zero attached hydrogens (tertiary/aromatic N) is 2. The van der Waals surface area contributed by atoms with Crippen molar-refractivity contribution in [2.75, 3.05) is 19.7 Å². The van der Waals surface area contributed by atoms with Crippen molar-refractivity contribution in [2.45, 2.75) is 38.5 Å². The van der Waals surface area contributed by atoms with Gasteiger partial charge in [0, 0.05) is 25.6 Å². The van der Waals surface area contributed by atoms with Gasteiger partial charge >= 0.3 is 0 Å². The number of morpholine rings is 1. The lowest BCUT2D eigenvalue weighted by molar-refractivity contribution is -0.0940. The van der Waals surface area contributed by atoms with E-state index in [1.165, 1.54) is 4.70 Å². The van der Waals surface area contributed by atoms with E-state index >= 15 is 0 Å². The van der Waals surface area contributed by atoms with Crippen LogP contribution in [0.5, 0.6) is 0 Å². The van der Waals surface area contributed by atoms with Crippen LogP contribution in [-0.2, 0) is 11.2 Å². The van der Waals surface area contributed by atoms with Gasteiger partial charge in [-0.3, -0.25) is 4.90 Å². The minimum atomic E-state index is -0.493. The summed E-state index contributed by atoms with van der Waals surface area (Å²) in [6.07, 6.45) is -0.0454. The Morgan fingerprint density at radius 3 is 3.00 bits per heavy atom. The molecule has 1 aliphatic heterocycles. The zero-order chi connectivity index (χ0) is 14.8. The number of aliphatic hydroxyl groups is 1. The Kier molecular flexibility index (Phi) is 4.54. The molecule has 1 aliphatic rings. The van der Waals surface area contributed by atoms with E-state index in [2.05, 4.69) is 29.8 Å². The Labute approximate surface area is 129 Å². The molecule has 21 heavy (non-hydrogen) atoms. The lowest BCUT2D eigenvalue weighted by Gasteiger charge is -2.37.